The summed E-state index contributed by atoms with van der Waals surface area (Å²) >= 11 is 0. The number of ether oxygens (including phenoxy) is 1. The van der Waals surface area contributed by atoms with E-state index in [1.54, 1.807) is 6.07 Å². The number of nitrogens with two attached hydrogens (primary N) is 1. The minimum Gasteiger partial charge on any atom is -0.491 e. The normalized spacial score (nSPS) is 14.1. The van der Waals surface area contributed by atoms with Gasteiger partial charge < -0.3 is 15.8 Å². The Balaban J connectivity index is 3.16. The van der Waals surface area contributed by atoms with Crippen molar-refractivity contribution >= 4 is 11.4 Å². The van der Waals surface area contributed by atoms with Crippen LogP contribution < -0.4 is 15.8 Å². The highest BCUT2D eigenvalue weighted by Gasteiger charge is 2.27. The summed E-state index contributed by atoms with van der Waals surface area (Å²) in [5.41, 5.74) is 6.14. The minimum absolute atomic E-state index is 0.00113. The van der Waals surface area contributed by atoms with Crippen LogP contribution in [0.15, 0.2) is 18.2 Å². The van der Waals surface area contributed by atoms with E-state index in [9.17, 15) is 10.1 Å². The molecule has 1 atom stereocenters. The summed E-state index contributed by atoms with van der Waals surface area (Å²) in [5.74, 6) is 0.751. The molecule has 0 spiro atoms. The number of anilines is 1. The standard InChI is InChI=1S/C15H25N3O3/c1-10(2)15(5,9-16)17-12-6-13(18(19)20)8-14(7-12)21-11(3)4/h6-8,10-11,17H,9,16H2,1-5H3. The van der Waals surface area contributed by atoms with Crippen LogP contribution in [0.25, 0.3) is 0 Å². The molecule has 6 nitrogen and oxygen atoms in total. The molecule has 0 radical (unpaired) electrons. The van der Waals surface area contributed by atoms with Gasteiger partial charge >= 0.3 is 0 Å². The maximum absolute atomic E-state index is 11.1. The van der Waals surface area contributed by atoms with Gasteiger partial charge in [-0.05, 0) is 26.7 Å². The van der Waals surface area contributed by atoms with E-state index >= 15 is 0 Å². The number of nitro groups is 1. The summed E-state index contributed by atoms with van der Waals surface area (Å²) < 4.78 is 5.58. The number of nitrogens with one attached hydrogen (secondary N) is 1. The third-order valence-corrected chi connectivity index (χ3v) is 3.60. The quantitative estimate of drug-likeness (QED) is 0.595. The summed E-state index contributed by atoms with van der Waals surface area (Å²) in [6, 6.07) is 4.70. The van der Waals surface area contributed by atoms with Crippen LogP contribution in [0.5, 0.6) is 5.75 Å². The fourth-order valence-electron chi connectivity index (χ4n) is 1.86. The molecule has 0 aliphatic rings. The average molecular weight is 295 g/mol. The number of non-ortho nitro benzene ring substituents is 1. The Bertz CT molecular complexity index is 503. The molecule has 0 heterocycles. The molecule has 21 heavy (non-hydrogen) atoms. The Morgan fingerprint density at radius 1 is 1.33 bits per heavy atom. The van der Waals surface area contributed by atoms with Crippen LogP contribution in [-0.2, 0) is 0 Å². The minimum atomic E-state index is -0.423. The molecule has 0 fully saturated rings. The van der Waals surface area contributed by atoms with E-state index in [2.05, 4.69) is 19.2 Å². The number of benzene rings is 1. The number of hydrogen-bond acceptors (Lipinski definition) is 5. The molecule has 3 N–H and O–H groups in total. The Morgan fingerprint density at radius 2 is 1.95 bits per heavy atom. The second kappa shape index (κ2) is 6.76. The summed E-state index contributed by atoms with van der Waals surface area (Å²) in [6.07, 6.45) is -0.0501. The number of hydrogen-bond donors (Lipinski definition) is 2. The van der Waals surface area contributed by atoms with E-state index in [0.717, 1.165) is 0 Å². The summed E-state index contributed by atoms with van der Waals surface area (Å²) in [4.78, 5) is 10.6. The van der Waals surface area contributed by atoms with Gasteiger partial charge in [0.05, 0.1) is 17.1 Å². The first-order valence-electron chi connectivity index (χ1n) is 7.12. The van der Waals surface area contributed by atoms with E-state index in [1.165, 1.54) is 12.1 Å². The fraction of sp³-hybridized carbons (Fsp3) is 0.600. The molecule has 0 aliphatic heterocycles. The van der Waals surface area contributed by atoms with E-state index in [-0.39, 0.29) is 23.2 Å². The van der Waals surface area contributed by atoms with Crippen LogP contribution in [0.2, 0.25) is 0 Å². The van der Waals surface area contributed by atoms with Crippen LogP contribution in [-0.4, -0.2) is 23.1 Å². The van der Waals surface area contributed by atoms with Gasteiger partial charge in [0.1, 0.15) is 5.75 Å². The molecule has 1 unspecified atom stereocenters. The van der Waals surface area contributed by atoms with Gasteiger partial charge in [-0.3, -0.25) is 10.1 Å². The lowest BCUT2D eigenvalue weighted by atomic mass is 9.88. The van der Waals surface area contributed by atoms with Crippen molar-refractivity contribution in [2.24, 2.45) is 11.7 Å². The smallest absolute Gasteiger partial charge is 0.275 e. The summed E-state index contributed by atoms with van der Waals surface area (Å²) in [5, 5.41) is 14.4. The third kappa shape index (κ3) is 4.60. The molecule has 0 saturated carbocycles. The summed E-state index contributed by atoms with van der Waals surface area (Å²) in [7, 11) is 0. The van der Waals surface area contributed by atoms with Crippen molar-refractivity contribution in [2.75, 3.05) is 11.9 Å². The van der Waals surface area contributed by atoms with Crippen LogP contribution in [0.4, 0.5) is 11.4 Å². The largest absolute Gasteiger partial charge is 0.491 e. The summed E-state index contributed by atoms with van der Waals surface area (Å²) in [6.45, 7) is 10.3. The highest BCUT2D eigenvalue weighted by Crippen LogP contribution is 2.30. The number of nitro benzene ring substituents is 1. The van der Waals surface area contributed by atoms with Crippen molar-refractivity contribution in [3.63, 3.8) is 0 Å². The van der Waals surface area contributed by atoms with Gasteiger partial charge in [-0.25, -0.2) is 0 Å². The van der Waals surface area contributed by atoms with Crippen molar-refractivity contribution in [1.29, 1.82) is 0 Å². The van der Waals surface area contributed by atoms with E-state index in [0.29, 0.717) is 18.0 Å². The Hall–Kier alpha value is -1.82. The lowest BCUT2D eigenvalue weighted by molar-refractivity contribution is -0.384. The first kappa shape index (κ1) is 17.2. The van der Waals surface area contributed by atoms with Crippen LogP contribution in [0, 0.1) is 16.0 Å². The second-order valence-electron chi connectivity index (χ2n) is 6.04. The molecule has 1 rings (SSSR count). The van der Waals surface area contributed by atoms with Crippen molar-refractivity contribution < 1.29 is 9.66 Å². The first-order chi connectivity index (χ1) is 9.67. The molecule has 0 aromatic heterocycles. The second-order valence-corrected chi connectivity index (χ2v) is 6.04. The third-order valence-electron chi connectivity index (χ3n) is 3.60. The zero-order valence-corrected chi connectivity index (χ0v) is 13.3. The van der Waals surface area contributed by atoms with Crippen molar-refractivity contribution in [1.82, 2.24) is 0 Å². The average Bonchev–Trinajstić information content (AvgIpc) is 2.37. The molecular weight excluding hydrogens is 270 g/mol. The Labute approximate surface area is 125 Å². The molecule has 0 bridgehead atoms. The molecule has 0 saturated heterocycles. The first-order valence-corrected chi connectivity index (χ1v) is 7.12. The Morgan fingerprint density at radius 3 is 2.38 bits per heavy atom. The van der Waals surface area contributed by atoms with E-state index in [4.69, 9.17) is 10.5 Å². The number of rotatable bonds is 7. The van der Waals surface area contributed by atoms with Gasteiger partial charge in [-0.1, -0.05) is 13.8 Å². The lowest BCUT2D eigenvalue weighted by Gasteiger charge is -2.34. The van der Waals surface area contributed by atoms with Crippen molar-refractivity contribution in [3.05, 3.63) is 28.3 Å². The Kier molecular flexibility index (Phi) is 5.54. The fourth-order valence-corrected chi connectivity index (χ4v) is 1.86. The SMILES string of the molecule is CC(C)Oc1cc(NC(C)(CN)C(C)C)cc([N+](=O)[O-])c1. The molecule has 0 aliphatic carbocycles. The van der Waals surface area contributed by atoms with Crippen molar-refractivity contribution in [3.8, 4) is 5.75 Å². The maximum Gasteiger partial charge on any atom is 0.275 e. The molecule has 1 aromatic rings. The molecule has 1 aromatic carbocycles. The predicted molar refractivity (Wildman–Crippen MR) is 84.8 cm³/mol. The highest BCUT2D eigenvalue weighted by atomic mass is 16.6. The molecule has 6 heteroatoms. The van der Waals surface area contributed by atoms with Crippen LogP contribution in [0.1, 0.15) is 34.6 Å². The zero-order chi connectivity index (χ0) is 16.2. The van der Waals surface area contributed by atoms with Gasteiger partial charge in [-0.15, -0.1) is 0 Å². The van der Waals surface area contributed by atoms with Gasteiger partial charge in [0.2, 0.25) is 0 Å². The van der Waals surface area contributed by atoms with Gasteiger partial charge in [-0.2, -0.15) is 0 Å². The molecule has 0 amide bonds. The monoisotopic (exact) mass is 295 g/mol. The lowest BCUT2D eigenvalue weighted by Crippen LogP contribution is -2.47. The predicted octanol–water partition coefficient (Wildman–Crippen LogP) is 3.17. The molecular formula is C15H25N3O3. The van der Waals surface area contributed by atoms with Gasteiger partial charge in [0.15, 0.2) is 0 Å². The van der Waals surface area contributed by atoms with E-state index in [1.807, 2.05) is 20.8 Å². The van der Waals surface area contributed by atoms with Gasteiger partial charge in [0.25, 0.3) is 5.69 Å². The van der Waals surface area contributed by atoms with E-state index < -0.39 is 4.92 Å². The number of nitrogens with zero attached hydrogens (tertiary/aromatic N) is 1. The van der Waals surface area contributed by atoms with Crippen LogP contribution in [0.3, 0.4) is 0 Å². The zero-order valence-electron chi connectivity index (χ0n) is 13.3. The highest BCUT2D eigenvalue weighted by molar-refractivity contribution is 5.57. The topological polar surface area (TPSA) is 90.4 Å². The van der Waals surface area contributed by atoms with Crippen LogP contribution >= 0.6 is 0 Å². The van der Waals surface area contributed by atoms with Gasteiger partial charge in [0, 0.05) is 29.9 Å². The molecule has 118 valence electrons. The maximum atomic E-state index is 11.1. The van der Waals surface area contributed by atoms with Crippen molar-refractivity contribution in [2.45, 2.75) is 46.3 Å².